The number of amides is 1. The summed E-state index contributed by atoms with van der Waals surface area (Å²) in [6.45, 7) is 4.22. The highest BCUT2D eigenvalue weighted by molar-refractivity contribution is 5.97. The lowest BCUT2D eigenvalue weighted by atomic mass is 10.0. The summed E-state index contributed by atoms with van der Waals surface area (Å²) in [5.74, 6) is 1.55. The van der Waals surface area contributed by atoms with Crippen LogP contribution in [0.2, 0.25) is 0 Å². The molecule has 2 aromatic carbocycles. The highest BCUT2D eigenvalue weighted by Crippen LogP contribution is 2.33. The van der Waals surface area contributed by atoms with Crippen LogP contribution >= 0.6 is 0 Å². The second-order valence-electron chi connectivity index (χ2n) is 7.72. The second-order valence-corrected chi connectivity index (χ2v) is 7.72. The highest BCUT2D eigenvalue weighted by Gasteiger charge is 2.32. The monoisotopic (exact) mass is 395 g/mol. The Labute approximate surface area is 170 Å². The molecule has 0 radical (unpaired) electrons. The predicted molar refractivity (Wildman–Crippen MR) is 110 cm³/mol. The van der Waals surface area contributed by atoms with Gasteiger partial charge in [-0.15, -0.1) is 0 Å². The number of benzene rings is 2. The molecule has 2 aromatic rings. The van der Waals surface area contributed by atoms with Gasteiger partial charge in [-0.05, 0) is 37.3 Å². The SMILES string of the molecule is CC(=O)c1cccc(NC(=O)C[NH+]2CCC[C@@H]2c2ccc3c(c2)OCCCO3)c1. The zero-order valence-electron chi connectivity index (χ0n) is 16.7. The summed E-state index contributed by atoms with van der Waals surface area (Å²) in [6.07, 6.45) is 3.01. The molecule has 6 nitrogen and oxygen atoms in total. The Morgan fingerprint density at radius 3 is 2.72 bits per heavy atom. The summed E-state index contributed by atoms with van der Waals surface area (Å²) in [4.78, 5) is 25.4. The molecule has 2 aliphatic rings. The van der Waals surface area contributed by atoms with E-state index in [9.17, 15) is 9.59 Å². The fourth-order valence-electron chi connectivity index (χ4n) is 4.15. The summed E-state index contributed by atoms with van der Waals surface area (Å²) >= 11 is 0. The number of quaternary nitrogens is 1. The minimum Gasteiger partial charge on any atom is -0.490 e. The van der Waals surface area contributed by atoms with Gasteiger partial charge in [0, 0.05) is 36.1 Å². The van der Waals surface area contributed by atoms with E-state index in [1.165, 1.54) is 17.4 Å². The van der Waals surface area contributed by atoms with Crippen molar-refractivity contribution in [3.05, 3.63) is 53.6 Å². The number of nitrogens with one attached hydrogen (secondary N) is 2. The summed E-state index contributed by atoms with van der Waals surface area (Å²) in [6, 6.07) is 13.5. The molecule has 2 N–H and O–H groups in total. The van der Waals surface area contributed by atoms with Crippen molar-refractivity contribution in [2.75, 3.05) is 31.6 Å². The molecule has 29 heavy (non-hydrogen) atoms. The lowest BCUT2D eigenvalue weighted by Gasteiger charge is -2.22. The third kappa shape index (κ3) is 4.59. The first kappa shape index (κ1) is 19.5. The van der Waals surface area contributed by atoms with Crippen LogP contribution in [-0.4, -0.2) is 38.0 Å². The molecular weight excluding hydrogens is 368 g/mol. The first-order chi connectivity index (χ1) is 14.1. The van der Waals surface area contributed by atoms with Crippen LogP contribution in [0.25, 0.3) is 0 Å². The Bertz CT molecular complexity index is 912. The maximum atomic E-state index is 12.6. The van der Waals surface area contributed by atoms with E-state index in [1.807, 2.05) is 12.1 Å². The normalized spacial score (nSPS) is 20.7. The number of carbonyl (C=O) groups excluding carboxylic acids is 2. The molecule has 0 saturated carbocycles. The summed E-state index contributed by atoms with van der Waals surface area (Å²) in [7, 11) is 0. The number of ketones is 1. The van der Waals surface area contributed by atoms with E-state index in [0.29, 0.717) is 31.0 Å². The lowest BCUT2D eigenvalue weighted by molar-refractivity contribution is -0.910. The van der Waals surface area contributed by atoms with Crippen molar-refractivity contribution in [3.8, 4) is 11.5 Å². The van der Waals surface area contributed by atoms with Crippen LogP contribution in [0.5, 0.6) is 11.5 Å². The molecule has 0 aliphatic carbocycles. The maximum absolute atomic E-state index is 12.6. The summed E-state index contributed by atoms with van der Waals surface area (Å²) in [5, 5.41) is 2.94. The van der Waals surface area contributed by atoms with Crippen LogP contribution in [0.1, 0.15) is 48.1 Å². The molecule has 6 heteroatoms. The number of ether oxygens (including phenoxy) is 2. The lowest BCUT2D eigenvalue weighted by Crippen LogP contribution is -3.11. The molecule has 1 fully saturated rings. The Balaban J connectivity index is 1.43. The second kappa shape index (κ2) is 8.66. The van der Waals surface area contributed by atoms with Gasteiger partial charge in [-0.25, -0.2) is 0 Å². The molecule has 1 amide bonds. The number of hydrogen-bond acceptors (Lipinski definition) is 4. The zero-order chi connectivity index (χ0) is 20.2. The number of hydrogen-bond donors (Lipinski definition) is 2. The molecule has 152 valence electrons. The van der Waals surface area contributed by atoms with E-state index in [4.69, 9.17) is 9.47 Å². The number of anilines is 1. The van der Waals surface area contributed by atoms with E-state index in [0.717, 1.165) is 37.3 Å². The Kier molecular flexibility index (Phi) is 5.81. The van der Waals surface area contributed by atoms with Crippen molar-refractivity contribution in [1.29, 1.82) is 0 Å². The summed E-state index contributed by atoms with van der Waals surface area (Å²) in [5.41, 5.74) is 2.45. The molecule has 0 spiro atoms. The topological polar surface area (TPSA) is 69.1 Å². The average Bonchev–Trinajstić information content (AvgIpc) is 3.03. The van der Waals surface area contributed by atoms with E-state index in [-0.39, 0.29) is 17.7 Å². The van der Waals surface area contributed by atoms with E-state index >= 15 is 0 Å². The smallest absolute Gasteiger partial charge is 0.279 e. The van der Waals surface area contributed by atoms with Crippen LogP contribution in [0.3, 0.4) is 0 Å². The van der Waals surface area contributed by atoms with Gasteiger partial charge in [-0.1, -0.05) is 12.1 Å². The van der Waals surface area contributed by atoms with Crippen LogP contribution in [0, 0.1) is 0 Å². The first-order valence-corrected chi connectivity index (χ1v) is 10.2. The van der Waals surface area contributed by atoms with E-state index in [2.05, 4.69) is 17.4 Å². The van der Waals surface area contributed by atoms with Crippen molar-refractivity contribution in [2.24, 2.45) is 0 Å². The quantitative estimate of drug-likeness (QED) is 0.763. The number of likely N-dealkylation sites (tertiary alicyclic amines) is 1. The van der Waals surface area contributed by atoms with Crippen molar-refractivity contribution < 1.29 is 24.0 Å². The van der Waals surface area contributed by atoms with E-state index < -0.39 is 0 Å². The average molecular weight is 395 g/mol. The molecule has 2 atom stereocenters. The number of fused-ring (bicyclic) bond motifs is 1. The molecule has 1 saturated heterocycles. The summed E-state index contributed by atoms with van der Waals surface area (Å²) < 4.78 is 11.6. The Morgan fingerprint density at radius 1 is 1.07 bits per heavy atom. The minimum atomic E-state index is -0.0399. The standard InChI is InChI=1S/C23H26N2O4/c1-16(26)17-5-2-6-19(13-17)24-23(27)15-25-10-3-7-20(25)18-8-9-21-22(14-18)29-12-4-11-28-21/h2,5-6,8-9,13-14,20H,3-4,7,10-12,15H2,1H3,(H,24,27)/p+1/t20-/m1/s1. The van der Waals surface area contributed by atoms with Crippen molar-refractivity contribution in [3.63, 3.8) is 0 Å². The van der Waals surface area contributed by atoms with Gasteiger partial charge in [0.15, 0.2) is 23.8 Å². The fourth-order valence-corrected chi connectivity index (χ4v) is 4.15. The van der Waals surface area contributed by atoms with Crippen LogP contribution < -0.4 is 19.7 Å². The van der Waals surface area contributed by atoms with Crippen molar-refractivity contribution in [1.82, 2.24) is 0 Å². The van der Waals surface area contributed by atoms with Gasteiger partial charge in [0.2, 0.25) is 0 Å². The molecule has 0 aromatic heterocycles. The third-order valence-corrected chi connectivity index (χ3v) is 5.60. The fraction of sp³-hybridized carbons (Fsp3) is 0.391. The van der Waals surface area contributed by atoms with Gasteiger partial charge >= 0.3 is 0 Å². The maximum Gasteiger partial charge on any atom is 0.279 e. The van der Waals surface area contributed by atoms with Crippen molar-refractivity contribution in [2.45, 2.75) is 32.2 Å². The third-order valence-electron chi connectivity index (χ3n) is 5.60. The van der Waals surface area contributed by atoms with Gasteiger partial charge in [0.25, 0.3) is 5.91 Å². The largest absolute Gasteiger partial charge is 0.490 e. The van der Waals surface area contributed by atoms with Crippen molar-refractivity contribution >= 4 is 17.4 Å². The van der Waals surface area contributed by atoms with Gasteiger partial charge < -0.3 is 19.7 Å². The van der Waals surface area contributed by atoms with Crippen LogP contribution in [0.15, 0.2) is 42.5 Å². The number of rotatable bonds is 5. The number of carbonyl (C=O) groups is 2. The van der Waals surface area contributed by atoms with Gasteiger partial charge in [0.1, 0.15) is 6.04 Å². The minimum absolute atomic E-state index is 0.0132. The predicted octanol–water partition coefficient (Wildman–Crippen LogP) is 2.41. The molecule has 1 unspecified atom stereocenters. The first-order valence-electron chi connectivity index (χ1n) is 10.2. The highest BCUT2D eigenvalue weighted by atomic mass is 16.5. The molecule has 2 aliphatic heterocycles. The van der Waals surface area contributed by atoms with Gasteiger partial charge in [-0.3, -0.25) is 9.59 Å². The molecule has 4 rings (SSSR count). The Morgan fingerprint density at radius 2 is 1.90 bits per heavy atom. The van der Waals surface area contributed by atoms with Crippen LogP contribution in [0.4, 0.5) is 5.69 Å². The molecule has 0 bridgehead atoms. The zero-order valence-corrected chi connectivity index (χ0v) is 16.7. The Hall–Kier alpha value is -2.86. The molecule has 2 heterocycles. The van der Waals surface area contributed by atoms with Gasteiger partial charge in [-0.2, -0.15) is 0 Å². The van der Waals surface area contributed by atoms with Gasteiger partial charge in [0.05, 0.1) is 19.8 Å². The van der Waals surface area contributed by atoms with Crippen LogP contribution in [-0.2, 0) is 4.79 Å². The number of Topliss-reactive ketones (excluding diaryl/α,β-unsaturated/α-hetero) is 1. The van der Waals surface area contributed by atoms with E-state index in [1.54, 1.807) is 18.2 Å². The molecular formula is C23H27N2O4+.